The second-order valence-electron chi connectivity index (χ2n) is 9.21. The monoisotopic (exact) mass is 486 g/mol. The van der Waals surface area contributed by atoms with Crippen LogP contribution in [0.5, 0.6) is 0 Å². The first-order valence-corrected chi connectivity index (χ1v) is 11.7. The Bertz CT molecular complexity index is 1190. The Balaban J connectivity index is 1.38. The Hall–Kier alpha value is -3.56. The number of anilines is 2. The van der Waals surface area contributed by atoms with Gasteiger partial charge in [-0.05, 0) is 61.4 Å². The second kappa shape index (κ2) is 8.58. The predicted molar refractivity (Wildman–Crippen MR) is 123 cm³/mol. The highest BCUT2D eigenvalue weighted by Gasteiger charge is 2.54. The quantitative estimate of drug-likeness (QED) is 0.640. The largest absolute Gasteiger partial charge is 0.416 e. The third kappa shape index (κ3) is 4.11. The summed E-state index contributed by atoms with van der Waals surface area (Å²) >= 11 is 0. The van der Waals surface area contributed by atoms with Gasteiger partial charge in [0.15, 0.2) is 0 Å². The van der Waals surface area contributed by atoms with Crippen LogP contribution in [-0.2, 0) is 27.7 Å². The number of halogens is 3. The van der Waals surface area contributed by atoms with Gasteiger partial charge in [0.1, 0.15) is 12.1 Å². The minimum absolute atomic E-state index is 0.0107. The molecule has 2 fully saturated rings. The molecule has 2 aromatic carbocycles. The van der Waals surface area contributed by atoms with Crippen molar-refractivity contribution in [3.63, 3.8) is 0 Å². The Labute approximate surface area is 200 Å². The summed E-state index contributed by atoms with van der Waals surface area (Å²) in [6.45, 7) is 0.747. The fraction of sp³-hybridized carbons (Fsp3) is 0.400. The van der Waals surface area contributed by atoms with Gasteiger partial charge >= 0.3 is 12.2 Å². The lowest BCUT2D eigenvalue weighted by molar-refractivity contribution is -0.137. The van der Waals surface area contributed by atoms with Crippen molar-refractivity contribution in [3.05, 3.63) is 59.2 Å². The highest BCUT2D eigenvalue weighted by molar-refractivity contribution is 6.11. The molecule has 5 rings (SSSR count). The van der Waals surface area contributed by atoms with Crippen molar-refractivity contribution < 1.29 is 27.6 Å². The first kappa shape index (κ1) is 23.2. The zero-order valence-corrected chi connectivity index (χ0v) is 19.0. The Morgan fingerprint density at radius 3 is 2.54 bits per heavy atom. The molecule has 35 heavy (non-hydrogen) atoms. The van der Waals surface area contributed by atoms with Crippen molar-refractivity contribution in [2.45, 2.75) is 43.8 Å². The lowest BCUT2D eigenvalue weighted by Gasteiger charge is -2.33. The lowest BCUT2D eigenvalue weighted by Crippen LogP contribution is -2.47. The van der Waals surface area contributed by atoms with Crippen LogP contribution in [0.25, 0.3) is 0 Å². The average molecular weight is 486 g/mol. The molecular formula is C25H25F3N4O3. The minimum atomic E-state index is -4.57. The normalized spacial score (nSPS) is 21.9. The van der Waals surface area contributed by atoms with Crippen molar-refractivity contribution >= 4 is 29.2 Å². The van der Waals surface area contributed by atoms with Crippen LogP contribution in [0.2, 0.25) is 0 Å². The smallest absolute Gasteiger partial charge is 0.370 e. The standard InChI is InChI=1S/C25H25F3N4O3/c26-25(27,28)17-9-10-20(31-12-3-4-13-31)19(14-17)29-21(33)15-32-22(34)24(30-23(32)35)11-5-7-16-6-1-2-8-18(16)24/h1-2,6,8-10,14H,3-5,7,11-13,15H2,(H,29,33)(H,30,35)/t24-/m0/s1. The van der Waals surface area contributed by atoms with Crippen molar-refractivity contribution in [1.29, 1.82) is 0 Å². The predicted octanol–water partition coefficient (Wildman–Crippen LogP) is 4.03. The van der Waals surface area contributed by atoms with E-state index < -0.39 is 41.7 Å². The summed E-state index contributed by atoms with van der Waals surface area (Å²) < 4.78 is 40.0. The molecule has 0 saturated carbocycles. The molecule has 1 aliphatic carbocycles. The van der Waals surface area contributed by atoms with Crippen LogP contribution in [0, 0.1) is 0 Å². The van der Waals surface area contributed by atoms with E-state index >= 15 is 0 Å². The van der Waals surface area contributed by atoms with E-state index in [1.807, 2.05) is 17.0 Å². The maximum Gasteiger partial charge on any atom is 0.416 e. The zero-order chi connectivity index (χ0) is 24.8. The summed E-state index contributed by atoms with van der Waals surface area (Å²) in [5.74, 6) is -1.26. The first-order chi connectivity index (χ1) is 16.7. The highest BCUT2D eigenvalue weighted by atomic mass is 19.4. The van der Waals surface area contributed by atoms with Crippen molar-refractivity contribution in [2.24, 2.45) is 0 Å². The van der Waals surface area contributed by atoms with Gasteiger partial charge in [0.05, 0.1) is 16.9 Å². The second-order valence-corrected chi connectivity index (χ2v) is 9.21. The van der Waals surface area contributed by atoms with Crippen LogP contribution in [-0.4, -0.2) is 42.4 Å². The molecule has 0 bridgehead atoms. The third-order valence-corrected chi connectivity index (χ3v) is 7.00. The molecule has 1 atom stereocenters. The van der Waals surface area contributed by atoms with E-state index in [-0.39, 0.29) is 5.69 Å². The molecule has 2 saturated heterocycles. The number of rotatable bonds is 4. The summed E-state index contributed by atoms with van der Waals surface area (Å²) in [4.78, 5) is 41.9. The maximum absolute atomic E-state index is 13.4. The van der Waals surface area contributed by atoms with Gasteiger partial charge in [-0.25, -0.2) is 4.79 Å². The number of hydrogen-bond donors (Lipinski definition) is 2. The number of aryl methyl sites for hydroxylation is 1. The van der Waals surface area contributed by atoms with E-state index in [1.165, 1.54) is 6.07 Å². The molecule has 2 N–H and O–H groups in total. The minimum Gasteiger partial charge on any atom is -0.370 e. The fourth-order valence-corrected chi connectivity index (χ4v) is 5.33. The van der Waals surface area contributed by atoms with Crippen LogP contribution < -0.4 is 15.5 Å². The van der Waals surface area contributed by atoms with Gasteiger partial charge < -0.3 is 15.5 Å². The first-order valence-electron chi connectivity index (χ1n) is 11.7. The molecule has 0 unspecified atom stereocenters. The van der Waals surface area contributed by atoms with E-state index in [9.17, 15) is 27.6 Å². The molecule has 0 aromatic heterocycles. The number of imide groups is 1. The molecule has 1 spiro atoms. The lowest BCUT2D eigenvalue weighted by atomic mass is 9.76. The molecule has 2 aromatic rings. The number of nitrogens with zero attached hydrogens (tertiary/aromatic N) is 2. The van der Waals surface area contributed by atoms with Crippen LogP contribution in [0.4, 0.5) is 29.3 Å². The summed E-state index contributed by atoms with van der Waals surface area (Å²) in [5.41, 5.74) is 0.0849. The van der Waals surface area contributed by atoms with Gasteiger partial charge in [-0.15, -0.1) is 0 Å². The van der Waals surface area contributed by atoms with Gasteiger partial charge in [-0.3, -0.25) is 14.5 Å². The summed E-state index contributed by atoms with van der Waals surface area (Å²) in [7, 11) is 0. The molecule has 2 heterocycles. The average Bonchev–Trinajstić information content (AvgIpc) is 3.43. The molecule has 0 radical (unpaired) electrons. The van der Waals surface area contributed by atoms with E-state index in [4.69, 9.17) is 0 Å². The number of urea groups is 1. The van der Waals surface area contributed by atoms with E-state index in [2.05, 4.69) is 10.6 Å². The molecule has 4 amide bonds. The van der Waals surface area contributed by atoms with Gasteiger partial charge in [-0.1, -0.05) is 24.3 Å². The number of carbonyl (C=O) groups is 3. The SMILES string of the molecule is O=C(CN1C(=O)N[C@]2(CCCc3ccccc32)C1=O)Nc1cc(C(F)(F)F)ccc1N1CCCC1. The molecule has 7 nitrogen and oxygen atoms in total. The zero-order valence-electron chi connectivity index (χ0n) is 19.0. The van der Waals surface area contributed by atoms with Gasteiger partial charge in [-0.2, -0.15) is 13.2 Å². The van der Waals surface area contributed by atoms with Crippen LogP contribution in [0.3, 0.4) is 0 Å². The fourth-order valence-electron chi connectivity index (χ4n) is 5.33. The maximum atomic E-state index is 13.4. The Morgan fingerprint density at radius 1 is 1.06 bits per heavy atom. The molecule has 2 aliphatic heterocycles. The van der Waals surface area contributed by atoms with Crippen molar-refractivity contribution in [3.8, 4) is 0 Å². The summed E-state index contributed by atoms with van der Waals surface area (Å²) in [5, 5.41) is 5.30. The van der Waals surface area contributed by atoms with Crippen LogP contribution >= 0.6 is 0 Å². The van der Waals surface area contributed by atoms with Gasteiger partial charge in [0.25, 0.3) is 5.91 Å². The van der Waals surface area contributed by atoms with Gasteiger partial charge in [0, 0.05) is 13.1 Å². The number of benzene rings is 2. The van der Waals surface area contributed by atoms with Crippen LogP contribution in [0.15, 0.2) is 42.5 Å². The number of carbonyl (C=O) groups excluding carboxylic acids is 3. The topological polar surface area (TPSA) is 81.8 Å². The molecule has 10 heteroatoms. The Morgan fingerprint density at radius 2 is 1.80 bits per heavy atom. The number of hydrogen-bond acceptors (Lipinski definition) is 4. The van der Waals surface area contributed by atoms with E-state index in [0.717, 1.165) is 47.4 Å². The van der Waals surface area contributed by atoms with Crippen molar-refractivity contribution in [1.82, 2.24) is 10.2 Å². The third-order valence-electron chi connectivity index (χ3n) is 7.00. The van der Waals surface area contributed by atoms with E-state index in [0.29, 0.717) is 31.6 Å². The molecular weight excluding hydrogens is 461 g/mol. The highest BCUT2D eigenvalue weighted by Crippen LogP contribution is 2.40. The Kier molecular flexibility index (Phi) is 5.69. The number of alkyl halides is 3. The number of amides is 4. The van der Waals surface area contributed by atoms with E-state index in [1.54, 1.807) is 12.1 Å². The van der Waals surface area contributed by atoms with Gasteiger partial charge in [0.2, 0.25) is 5.91 Å². The molecule has 184 valence electrons. The summed E-state index contributed by atoms with van der Waals surface area (Å²) in [6, 6.07) is 9.95. The van der Waals surface area contributed by atoms with Crippen molar-refractivity contribution in [2.75, 3.05) is 29.9 Å². The number of nitrogens with one attached hydrogen (secondary N) is 2. The summed E-state index contributed by atoms with van der Waals surface area (Å²) in [6.07, 6.45) is -0.863. The number of fused-ring (bicyclic) bond motifs is 2. The molecule has 3 aliphatic rings. The van der Waals surface area contributed by atoms with Crippen LogP contribution in [0.1, 0.15) is 42.4 Å².